The molecular formula is C13H18N2O4S2. The summed E-state index contributed by atoms with van der Waals surface area (Å²) in [4.78, 5) is 12.2. The van der Waals surface area contributed by atoms with Crippen LogP contribution in [0.5, 0.6) is 5.75 Å². The number of nitrogens with two attached hydrogens (primary N) is 1. The standard InChI is InChI=1S/C13H18N2O4S2/c1-13(6-3-7-20-13)12(16)15-9-4-5-10(19-2)11(8-9)21(14,17)18/h4-5,8H,3,6-7H2,1-2H3,(H,15,16)(H2,14,17,18). The average Bonchev–Trinajstić information content (AvgIpc) is 2.86. The highest BCUT2D eigenvalue weighted by atomic mass is 32.2. The summed E-state index contributed by atoms with van der Waals surface area (Å²) in [5.41, 5.74) is 0.388. The fourth-order valence-corrected chi connectivity index (χ4v) is 4.13. The molecule has 0 spiro atoms. The molecule has 0 aliphatic carbocycles. The van der Waals surface area contributed by atoms with Crippen LogP contribution in [0.25, 0.3) is 0 Å². The Morgan fingerprint density at radius 1 is 1.48 bits per heavy atom. The van der Waals surface area contributed by atoms with Crippen LogP contribution in [0, 0.1) is 0 Å². The summed E-state index contributed by atoms with van der Waals surface area (Å²) in [6, 6.07) is 4.38. The van der Waals surface area contributed by atoms with E-state index in [4.69, 9.17) is 9.88 Å². The second-order valence-corrected chi connectivity index (χ2v) is 8.18. The van der Waals surface area contributed by atoms with Crippen LogP contribution >= 0.6 is 11.8 Å². The maximum absolute atomic E-state index is 12.3. The molecule has 8 heteroatoms. The van der Waals surface area contributed by atoms with Crippen molar-refractivity contribution < 1.29 is 17.9 Å². The van der Waals surface area contributed by atoms with Crippen molar-refractivity contribution in [1.29, 1.82) is 0 Å². The van der Waals surface area contributed by atoms with Gasteiger partial charge in [-0.05, 0) is 43.7 Å². The third-order valence-electron chi connectivity index (χ3n) is 3.43. The van der Waals surface area contributed by atoms with Crippen molar-refractivity contribution in [3.63, 3.8) is 0 Å². The first-order valence-corrected chi connectivity index (χ1v) is 8.96. The molecule has 0 bridgehead atoms. The zero-order valence-electron chi connectivity index (χ0n) is 11.9. The van der Waals surface area contributed by atoms with Crippen LogP contribution in [-0.4, -0.2) is 31.9 Å². The highest BCUT2D eigenvalue weighted by molar-refractivity contribution is 8.01. The van der Waals surface area contributed by atoms with Crippen molar-refractivity contribution in [3.8, 4) is 5.75 Å². The molecule has 3 N–H and O–H groups in total. The molecule has 21 heavy (non-hydrogen) atoms. The molecular weight excluding hydrogens is 312 g/mol. The van der Waals surface area contributed by atoms with E-state index in [1.165, 1.54) is 19.2 Å². The molecule has 1 aromatic rings. The number of carbonyl (C=O) groups is 1. The number of hydrogen-bond acceptors (Lipinski definition) is 5. The second kappa shape index (κ2) is 5.86. The van der Waals surface area contributed by atoms with Crippen molar-refractivity contribution in [2.45, 2.75) is 29.4 Å². The third-order valence-corrected chi connectivity index (χ3v) is 5.88. The van der Waals surface area contributed by atoms with Gasteiger partial charge in [-0.15, -0.1) is 11.8 Å². The summed E-state index contributed by atoms with van der Waals surface area (Å²) >= 11 is 1.61. The largest absolute Gasteiger partial charge is 0.495 e. The minimum atomic E-state index is -3.92. The normalized spacial score (nSPS) is 22.0. The van der Waals surface area contributed by atoms with E-state index >= 15 is 0 Å². The molecule has 1 saturated heterocycles. The summed E-state index contributed by atoms with van der Waals surface area (Å²) in [5, 5.41) is 7.91. The van der Waals surface area contributed by atoms with E-state index in [-0.39, 0.29) is 16.6 Å². The topological polar surface area (TPSA) is 98.5 Å². The fourth-order valence-electron chi connectivity index (χ4n) is 2.20. The molecule has 0 saturated carbocycles. The number of amides is 1. The summed E-state index contributed by atoms with van der Waals surface area (Å²) in [6.07, 6.45) is 1.81. The first-order valence-electron chi connectivity index (χ1n) is 6.42. The first-order chi connectivity index (χ1) is 9.76. The Morgan fingerprint density at radius 3 is 2.71 bits per heavy atom. The molecule has 1 fully saturated rings. The van der Waals surface area contributed by atoms with E-state index in [0.717, 1.165) is 18.6 Å². The quantitative estimate of drug-likeness (QED) is 0.873. The summed E-state index contributed by atoms with van der Waals surface area (Å²) in [5.74, 6) is 0.974. The molecule has 1 unspecified atom stereocenters. The number of primary sulfonamides is 1. The van der Waals surface area contributed by atoms with Gasteiger partial charge < -0.3 is 10.1 Å². The van der Waals surface area contributed by atoms with Gasteiger partial charge in [0.25, 0.3) is 0 Å². The summed E-state index contributed by atoms with van der Waals surface area (Å²) < 4.78 is 27.6. The van der Waals surface area contributed by atoms with E-state index < -0.39 is 14.8 Å². The maximum atomic E-state index is 12.3. The predicted molar refractivity (Wildman–Crippen MR) is 83.1 cm³/mol. The monoisotopic (exact) mass is 330 g/mol. The van der Waals surface area contributed by atoms with Crippen LogP contribution in [0.1, 0.15) is 19.8 Å². The van der Waals surface area contributed by atoms with Crippen LogP contribution in [0.15, 0.2) is 23.1 Å². The van der Waals surface area contributed by atoms with Crippen molar-refractivity contribution >= 4 is 33.4 Å². The second-order valence-electron chi connectivity index (χ2n) is 5.05. The SMILES string of the molecule is COc1ccc(NC(=O)C2(C)CCCS2)cc1S(N)(=O)=O. The third kappa shape index (κ3) is 3.50. The Hall–Kier alpha value is -1.25. The van der Waals surface area contributed by atoms with Crippen LogP contribution < -0.4 is 15.2 Å². The van der Waals surface area contributed by atoms with Crippen molar-refractivity contribution in [2.75, 3.05) is 18.2 Å². The van der Waals surface area contributed by atoms with Crippen LogP contribution in [0.3, 0.4) is 0 Å². The lowest BCUT2D eigenvalue weighted by molar-refractivity contribution is -0.118. The highest BCUT2D eigenvalue weighted by Gasteiger charge is 2.37. The van der Waals surface area contributed by atoms with Gasteiger partial charge in [-0.3, -0.25) is 4.79 Å². The van der Waals surface area contributed by atoms with E-state index in [2.05, 4.69) is 5.32 Å². The molecule has 1 heterocycles. The molecule has 6 nitrogen and oxygen atoms in total. The summed E-state index contributed by atoms with van der Waals surface area (Å²) in [6.45, 7) is 1.89. The number of nitrogens with one attached hydrogen (secondary N) is 1. The van der Waals surface area contributed by atoms with Crippen molar-refractivity contribution in [3.05, 3.63) is 18.2 Å². The Kier molecular flexibility index (Phi) is 4.50. The fraction of sp³-hybridized carbons (Fsp3) is 0.462. The molecule has 116 valence electrons. The molecule has 2 rings (SSSR count). The van der Waals surface area contributed by atoms with Crippen LogP contribution in [0.2, 0.25) is 0 Å². The predicted octanol–water partition coefficient (Wildman–Crippen LogP) is 1.57. The highest BCUT2D eigenvalue weighted by Crippen LogP contribution is 2.38. The Labute approximate surface area is 128 Å². The van der Waals surface area contributed by atoms with E-state index in [1.54, 1.807) is 17.8 Å². The van der Waals surface area contributed by atoms with Gasteiger partial charge >= 0.3 is 0 Å². The lowest BCUT2D eigenvalue weighted by Crippen LogP contribution is -2.34. The number of carbonyl (C=O) groups excluding carboxylic acids is 1. The first kappa shape index (κ1) is 16.1. The summed E-state index contributed by atoms with van der Waals surface area (Å²) in [7, 11) is -2.56. The van der Waals surface area contributed by atoms with Gasteiger partial charge in [0, 0.05) is 5.69 Å². The minimum Gasteiger partial charge on any atom is -0.495 e. The molecule has 1 atom stereocenters. The average molecular weight is 330 g/mol. The maximum Gasteiger partial charge on any atom is 0.241 e. The van der Waals surface area contributed by atoms with Gasteiger partial charge in [-0.25, -0.2) is 13.6 Å². The van der Waals surface area contributed by atoms with E-state index in [9.17, 15) is 13.2 Å². The number of benzene rings is 1. The van der Waals surface area contributed by atoms with Gasteiger partial charge in [-0.1, -0.05) is 0 Å². The Morgan fingerprint density at radius 2 is 2.19 bits per heavy atom. The van der Waals surface area contributed by atoms with Crippen molar-refractivity contribution in [2.24, 2.45) is 5.14 Å². The van der Waals surface area contributed by atoms with Crippen LogP contribution in [0.4, 0.5) is 5.69 Å². The number of anilines is 1. The minimum absolute atomic E-state index is 0.129. The Balaban J connectivity index is 2.27. The van der Waals surface area contributed by atoms with Gasteiger partial charge in [0.15, 0.2) is 0 Å². The molecule has 1 aliphatic heterocycles. The van der Waals surface area contributed by atoms with Crippen LogP contribution in [-0.2, 0) is 14.8 Å². The van der Waals surface area contributed by atoms with Crippen molar-refractivity contribution in [1.82, 2.24) is 0 Å². The number of methoxy groups -OCH3 is 1. The zero-order valence-corrected chi connectivity index (χ0v) is 13.5. The molecule has 1 aromatic carbocycles. The number of rotatable bonds is 4. The molecule has 1 aliphatic rings. The zero-order chi connectivity index (χ0) is 15.7. The lowest BCUT2D eigenvalue weighted by Gasteiger charge is -2.21. The number of thioether (sulfide) groups is 1. The van der Waals surface area contributed by atoms with E-state index in [1.807, 2.05) is 6.92 Å². The van der Waals surface area contributed by atoms with Gasteiger partial charge in [0.05, 0.1) is 11.9 Å². The molecule has 0 aromatic heterocycles. The molecule has 0 radical (unpaired) electrons. The van der Waals surface area contributed by atoms with E-state index in [0.29, 0.717) is 5.69 Å². The van der Waals surface area contributed by atoms with Gasteiger partial charge in [0.1, 0.15) is 10.6 Å². The lowest BCUT2D eigenvalue weighted by atomic mass is 10.0. The Bertz CT molecular complexity index is 652. The van der Waals surface area contributed by atoms with Gasteiger partial charge in [0.2, 0.25) is 15.9 Å². The smallest absolute Gasteiger partial charge is 0.241 e. The number of sulfonamides is 1. The molecule has 1 amide bonds. The number of ether oxygens (including phenoxy) is 1. The number of hydrogen-bond donors (Lipinski definition) is 2. The van der Waals surface area contributed by atoms with Gasteiger partial charge in [-0.2, -0.15) is 0 Å².